The highest BCUT2D eigenvalue weighted by Gasteiger charge is 2.27. The van der Waals surface area contributed by atoms with Gasteiger partial charge in [0, 0.05) is 23.8 Å². The molecule has 2 heterocycles. The van der Waals surface area contributed by atoms with Crippen LogP contribution in [0.4, 0.5) is 0 Å². The second-order valence-electron chi connectivity index (χ2n) is 5.54. The number of benzene rings is 1. The van der Waals surface area contributed by atoms with Gasteiger partial charge in [-0.2, -0.15) is 0 Å². The zero-order valence-corrected chi connectivity index (χ0v) is 13.8. The molecule has 1 N–H and O–H groups in total. The monoisotopic (exact) mass is 344 g/mol. The SMILES string of the molecule is C=CC(=O)N1CCOCC1c1cc(Cl)cc(-c2cc[nH]c(=O)c2)c1. The number of aromatic nitrogens is 1. The van der Waals surface area contributed by atoms with Crippen LogP contribution in [0.25, 0.3) is 11.1 Å². The molecule has 1 amide bonds. The van der Waals surface area contributed by atoms with E-state index in [1.807, 2.05) is 12.1 Å². The normalized spacial score (nSPS) is 17.5. The average Bonchev–Trinajstić information content (AvgIpc) is 2.60. The van der Waals surface area contributed by atoms with Crippen molar-refractivity contribution >= 4 is 17.5 Å². The molecule has 5 nitrogen and oxygen atoms in total. The highest BCUT2D eigenvalue weighted by Crippen LogP contribution is 2.31. The smallest absolute Gasteiger partial charge is 0.248 e. The van der Waals surface area contributed by atoms with Crippen molar-refractivity contribution in [2.75, 3.05) is 19.8 Å². The lowest BCUT2D eigenvalue weighted by Crippen LogP contribution is -2.42. The van der Waals surface area contributed by atoms with E-state index in [2.05, 4.69) is 11.6 Å². The summed E-state index contributed by atoms with van der Waals surface area (Å²) >= 11 is 6.27. The number of halogens is 1. The molecule has 1 aliphatic heterocycles. The van der Waals surface area contributed by atoms with E-state index in [4.69, 9.17) is 16.3 Å². The summed E-state index contributed by atoms with van der Waals surface area (Å²) in [6, 6.07) is 8.64. The van der Waals surface area contributed by atoms with Gasteiger partial charge in [-0.05, 0) is 47.0 Å². The fourth-order valence-corrected chi connectivity index (χ4v) is 3.10. The Hall–Kier alpha value is -2.37. The van der Waals surface area contributed by atoms with Gasteiger partial charge in [0.2, 0.25) is 11.5 Å². The summed E-state index contributed by atoms with van der Waals surface area (Å²) in [5, 5.41) is 0.541. The number of hydrogen-bond donors (Lipinski definition) is 1. The number of nitrogens with one attached hydrogen (secondary N) is 1. The van der Waals surface area contributed by atoms with Gasteiger partial charge in [0.1, 0.15) is 0 Å². The Balaban J connectivity index is 2.03. The summed E-state index contributed by atoms with van der Waals surface area (Å²) in [6.07, 6.45) is 2.90. The van der Waals surface area contributed by atoms with Crippen LogP contribution in [0.3, 0.4) is 0 Å². The molecule has 6 heteroatoms. The molecule has 124 valence electrons. The predicted molar refractivity (Wildman–Crippen MR) is 93.0 cm³/mol. The van der Waals surface area contributed by atoms with Crippen molar-refractivity contribution in [1.29, 1.82) is 0 Å². The van der Waals surface area contributed by atoms with Gasteiger partial charge >= 0.3 is 0 Å². The summed E-state index contributed by atoms with van der Waals surface area (Å²) in [4.78, 5) is 28.0. The van der Waals surface area contributed by atoms with E-state index in [1.165, 1.54) is 12.1 Å². The first-order chi connectivity index (χ1) is 11.6. The first kappa shape index (κ1) is 16.5. The van der Waals surface area contributed by atoms with Gasteiger partial charge in [-0.1, -0.05) is 18.2 Å². The third kappa shape index (κ3) is 3.42. The van der Waals surface area contributed by atoms with Crippen LogP contribution < -0.4 is 5.56 Å². The van der Waals surface area contributed by atoms with E-state index in [0.29, 0.717) is 24.8 Å². The Kier molecular flexibility index (Phi) is 4.83. The fourth-order valence-electron chi connectivity index (χ4n) is 2.86. The van der Waals surface area contributed by atoms with Gasteiger partial charge in [-0.15, -0.1) is 0 Å². The molecule has 0 aliphatic carbocycles. The number of nitrogens with zero attached hydrogens (tertiary/aromatic N) is 1. The molecule has 3 rings (SSSR count). The Bertz CT molecular complexity index is 831. The number of morpholine rings is 1. The lowest BCUT2D eigenvalue weighted by Gasteiger charge is -2.35. The predicted octanol–water partition coefficient (Wildman–Crippen LogP) is 2.78. The minimum Gasteiger partial charge on any atom is -0.377 e. The summed E-state index contributed by atoms with van der Waals surface area (Å²) in [7, 11) is 0. The Morgan fingerprint density at radius 1 is 1.33 bits per heavy atom. The molecule has 1 fully saturated rings. The average molecular weight is 345 g/mol. The fraction of sp³-hybridized carbons (Fsp3) is 0.222. The minimum absolute atomic E-state index is 0.138. The van der Waals surface area contributed by atoms with Crippen LogP contribution in [-0.4, -0.2) is 35.5 Å². The zero-order valence-electron chi connectivity index (χ0n) is 13.0. The lowest BCUT2D eigenvalue weighted by molar-refractivity contribution is -0.134. The van der Waals surface area contributed by atoms with Gasteiger partial charge < -0.3 is 14.6 Å². The molecule has 24 heavy (non-hydrogen) atoms. The standard InChI is InChI=1S/C18H17ClN2O3/c1-2-18(23)21-5-6-24-11-16(21)14-7-13(8-15(19)9-14)12-3-4-20-17(22)10-12/h2-4,7-10,16H,1,5-6,11H2,(H,20,22). The second-order valence-corrected chi connectivity index (χ2v) is 5.98. The number of H-pyrrole nitrogens is 1. The number of pyridine rings is 1. The molecule has 1 aliphatic rings. The van der Waals surface area contributed by atoms with Crippen LogP contribution in [0.15, 0.2) is 54.0 Å². The quantitative estimate of drug-likeness (QED) is 0.871. The Labute approximate surface area is 144 Å². The zero-order chi connectivity index (χ0) is 17.1. The number of ether oxygens (including phenoxy) is 1. The third-order valence-electron chi connectivity index (χ3n) is 4.00. The van der Waals surface area contributed by atoms with Gasteiger partial charge in [-0.25, -0.2) is 0 Å². The van der Waals surface area contributed by atoms with Gasteiger partial charge in [0.25, 0.3) is 0 Å². The van der Waals surface area contributed by atoms with Crippen molar-refractivity contribution in [3.05, 3.63) is 70.1 Å². The van der Waals surface area contributed by atoms with Gasteiger partial charge in [-0.3, -0.25) is 9.59 Å². The summed E-state index contributed by atoms with van der Waals surface area (Å²) in [5.41, 5.74) is 2.27. The first-order valence-electron chi connectivity index (χ1n) is 7.59. The molecule has 0 radical (unpaired) electrons. The van der Waals surface area contributed by atoms with Crippen LogP contribution >= 0.6 is 11.6 Å². The van der Waals surface area contributed by atoms with Crippen LogP contribution in [0.5, 0.6) is 0 Å². The topological polar surface area (TPSA) is 62.4 Å². The lowest BCUT2D eigenvalue weighted by atomic mass is 9.98. The van der Waals surface area contributed by atoms with E-state index < -0.39 is 0 Å². The molecule has 1 unspecified atom stereocenters. The summed E-state index contributed by atoms with van der Waals surface area (Å²) in [5.74, 6) is -0.138. The number of rotatable bonds is 3. The highest BCUT2D eigenvalue weighted by molar-refractivity contribution is 6.31. The van der Waals surface area contributed by atoms with E-state index in [-0.39, 0.29) is 17.5 Å². The van der Waals surface area contributed by atoms with Crippen LogP contribution in [0, 0.1) is 0 Å². The molecule has 1 saturated heterocycles. The number of aromatic amines is 1. The van der Waals surface area contributed by atoms with E-state index in [9.17, 15) is 9.59 Å². The van der Waals surface area contributed by atoms with Crippen molar-refractivity contribution in [2.24, 2.45) is 0 Å². The molecular weight excluding hydrogens is 328 g/mol. The molecule has 1 aromatic carbocycles. The number of carbonyl (C=O) groups excluding carboxylic acids is 1. The number of amides is 1. The largest absolute Gasteiger partial charge is 0.377 e. The number of carbonyl (C=O) groups is 1. The molecular formula is C18H17ClN2O3. The molecule has 1 aromatic heterocycles. The van der Waals surface area contributed by atoms with Gasteiger partial charge in [0.05, 0.1) is 19.3 Å². The van der Waals surface area contributed by atoms with Crippen LogP contribution in [0.1, 0.15) is 11.6 Å². The van der Waals surface area contributed by atoms with Crippen molar-refractivity contribution in [3.63, 3.8) is 0 Å². The number of hydrogen-bond acceptors (Lipinski definition) is 3. The van der Waals surface area contributed by atoms with Crippen molar-refractivity contribution < 1.29 is 9.53 Å². The molecule has 0 spiro atoms. The minimum atomic E-state index is -0.233. The highest BCUT2D eigenvalue weighted by atomic mass is 35.5. The van der Waals surface area contributed by atoms with Crippen LogP contribution in [-0.2, 0) is 9.53 Å². The van der Waals surface area contributed by atoms with Gasteiger partial charge in [0.15, 0.2) is 0 Å². The van der Waals surface area contributed by atoms with E-state index in [0.717, 1.165) is 16.7 Å². The van der Waals surface area contributed by atoms with Crippen molar-refractivity contribution in [1.82, 2.24) is 9.88 Å². The van der Waals surface area contributed by atoms with Crippen molar-refractivity contribution in [3.8, 4) is 11.1 Å². The Morgan fingerprint density at radius 2 is 2.17 bits per heavy atom. The molecule has 0 saturated carbocycles. The first-order valence-corrected chi connectivity index (χ1v) is 7.96. The Morgan fingerprint density at radius 3 is 2.92 bits per heavy atom. The van der Waals surface area contributed by atoms with E-state index in [1.54, 1.807) is 23.2 Å². The van der Waals surface area contributed by atoms with Crippen molar-refractivity contribution in [2.45, 2.75) is 6.04 Å². The molecule has 1 atom stereocenters. The molecule has 2 aromatic rings. The maximum atomic E-state index is 12.1. The van der Waals surface area contributed by atoms with E-state index >= 15 is 0 Å². The summed E-state index contributed by atoms with van der Waals surface area (Å²) < 4.78 is 5.54. The maximum Gasteiger partial charge on any atom is 0.248 e. The third-order valence-corrected chi connectivity index (χ3v) is 4.22. The maximum absolute atomic E-state index is 12.1. The summed E-state index contributed by atoms with van der Waals surface area (Å²) in [6.45, 7) is 4.96. The van der Waals surface area contributed by atoms with Crippen LogP contribution in [0.2, 0.25) is 5.02 Å². The second kappa shape index (κ2) is 7.03. The molecule has 0 bridgehead atoms.